The molecule has 3 rings (SSSR count). The fraction of sp³-hybridized carbons (Fsp3) is 1.00. The van der Waals surface area contributed by atoms with E-state index in [2.05, 4.69) is 10.6 Å². The van der Waals surface area contributed by atoms with Crippen LogP contribution in [0.5, 0.6) is 0 Å². The number of rotatable bonds is 8. The molecule has 1 saturated heterocycles. The SMILES string of the molecule is C1CCC(C2CCCCC2NCCCOCC2CC2)NC1. The second-order valence-corrected chi connectivity index (χ2v) is 7.44. The molecule has 2 saturated carbocycles. The number of ether oxygens (including phenoxy) is 1. The highest BCUT2D eigenvalue weighted by molar-refractivity contribution is 4.90. The Bertz CT molecular complexity index is 287. The Balaban J connectivity index is 1.32. The topological polar surface area (TPSA) is 33.3 Å². The zero-order valence-electron chi connectivity index (χ0n) is 13.6. The van der Waals surface area contributed by atoms with E-state index in [1.54, 1.807) is 0 Å². The Morgan fingerprint density at radius 3 is 2.62 bits per heavy atom. The normalized spacial score (nSPS) is 34.0. The van der Waals surface area contributed by atoms with Crippen molar-refractivity contribution in [2.75, 3.05) is 26.3 Å². The third kappa shape index (κ3) is 5.22. The summed E-state index contributed by atoms with van der Waals surface area (Å²) in [6.07, 6.45) is 13.8. The van der Waals surface area contributed by atoms with Gasteiger partial charge in [-0.1, -0.05) is 19.3 Å². The van der Waals surface area contributed by atoms with Crippen molar-refractivity contribution in [1.29, 1.82) is 0 Å². The minimum atomic E-state index is 0.748. The number of piperidine rings is 1. The minimum absolute atomic E-state index is 0.748. The molecule has 3 nitrogen and oxygen atoms in total. The molecular formula is C18H34N2O. The quantitative estimate of drug-likeness (QED) is 0.675. The van der Waals surface area contributed by atoms with Crippen LogP contribution in [0, 0.1) is 11.8 Å². The lowest BCUT2D eigenvalue weighted by Crippen LogP contribution is -2.50. The van der Waals surface area contributed by atoms with Crippen LogP contribution in [0.25, 0.3) is 0 Å². The molecule has 3 fully saturated rings. The van der Waals surface area contributed by atoms with Gasteiger partial charge in [0.25, 0.3) is 0 Å². The maximum absolute atomic E-state index is 5.74. The Morgan fingerprint density at radius 2 is 1.81 bits per heavy atom. The third-order valence-corrected chi connectivity index (χ3v) is 5.61. The van der Waals surface area contributed by atoms with Gasteiger partial charge in [0.05, 0.1) is 0 Å². The van der Waals surface area contributed by atoms with Crippen LogP contribution in [0.4, 0.5) is 0 Å². The summed E-state index contributed by atoms with van der Waals surface area (Å²) in [5.41, 5.74) is 0. The summed E-state index contributed by atoms with van der Waals surface area (Å²) < 4.78 is 5.74. The molecular weight excluding hydrogens is 260 g/mol. The first kappa shape index (κ1) is 15.8. The van der Waals surface area contributed by atoms with Crippen molar-refractivity contribution in [2.24, 2.45) is 11.8 Å². The maximum atomic E-state index is 5.74. The van der Waals surface area contributed by atoms with Gasteiger partial charge in [-0.2, -0.15) is 0 Å². The standard InChI is InChI=1S/C18H34N2O/c1-2-7-17(16(6-1)18-8-3-4-11-19-18)20-12-5-13-21-14-15-9-10-15/h15-20H,1-14H2. The van der Waals surface area contributed by atoms with Crippen molar-refractivity contribution in [2.45, 2.75) is 76.3 Å². The van der Waals surface area contributed by atoms with E-state index in [1.165, 1.54) is 70.8 Å². The van der Waals surface area contributed by atoms with E-state index in [4.69, 9.17) is 4.74 Å². The highest BCUT2D eigenvalue weighted by Gasteiger charge is 2.31. The van der Waals surface area contributed by atoms with E-state index in [1.807, 2.05) is 0 Å². The molecule has 2 N–H and O–H groups in total. The lowest BCUT2D eigenvalue weighted by molar-refractivity contribution is 0.118. The van der Waals surface area contributed by atoms with Crippen LogP contribution < -0.4 is 10.6 Å². The molecule has 0 spiro atoms. The van der Waals surface area contributed by atoms with Crippen LogP contribution in [0.3, 0.4) is 0 Å². The molecule has 1 aliphatic heterocycles. The molecule has 122 valence electrons. The van der Waals surface area contributed by atoms with Gasteiger partial charge in [0, 0.05) is 25.3 Å². The van der Waals surface area contributed by atoms with E-state index in [0.29, 0.717) is 0 Å². The largest absolute Gasteiger partial charge is 0.381 e. The third-order valence-electron chi connectivity index (χ3n) is 5.61. The Morgan fingerprint density at radius 1 is 0.952 bits per heavy atom. The van der Waals surface area contributed by atoms with Gasteiger partial charge in [-0.3, -0.25) is 0 Å². The summed E-state index contributed by atoms with van der Waals surface area (Å²) in [5.74, 6) is 1.77. The molecule has 0 bridgehead atoms. The first-order valence-electron chi connectivity index (χ1n) is 9.48. The Labute approximate surface area is 130 Å². The summed E-state index contributed by atoms with van der Waals surface area (Å²) in [4.78, 5) is 0. The summed E-state index contributed by atoms with van der Waals surface area (Å²) in [5, 5.41) is 7.64. The molecule has 3 atom stereocenters. The molecule has 0 amide bonds. The summed E-state index contributed by atoms with van der Waals surface area (Å²) >= 11 is 0. The van der Waals surface area contributed by atoms with Crippen LogP contribution in [0.15, 0.2) is 0 Å². The van der Waals surface area contributed by atoms with Gasteiger partial charge in [0.15, 0.2) is 0 Å². The molecule has 3 unspecified atom stereocenters. The van der Waals surface area contributed by atoms with Gasteiger partial charge in [0.2, 0.25) is 0 Å². The average molecular weight is 294 g/mol. The minimum Gasteiger partial charge on any atom is -0.381 e. The Hall–Kier alpha value is -0.120. The number of nitrogens with one attached hydrogen (secondary N) is 2. The van der Waals surface area contributed by atoms with Gasteiger partial charge in [-0.25, -0.2) is 0 Å². The molecule has 0 aromatic carbocycles. The second kappa shape index (κ2) is 8.50. The fourth-order valence-corrected chi connectivity index (χ4v) is 4.14. The smallest absolute Gasteiger partial charge is 0.0494 e. The van der Waals surface area contributed by atoms with Crippen LogP contribution in [0.1, 0.15) is 64.2 Å². The van der Waals surface area contributed by atoms with Crippen molar-refractivity contribution < 1.29 is 4.74 Å². The molecule has 21 heavy (non-hydrogen) atoms. The van der Waals surface area contributed by atoms with E-state index in [0.717, 1.165) is 43.7 Å². The van der Waals surface area contributed by atoms with Crippen molar-refractivity contribution in [1.82, 2.24) is 10.6 Å². The summed E-state index contributed by atoms with van der Waals surface area (Å²) in [6, 6.07) is 1.53. The first-order chi connectivity index (χ1) is 10.4. The molecule has 3 heteroatoms. The second-order valence-electron chi connectivity index (χ2n) is 7.44. The van der Waals surface area contributed by atoms with Crippen molar-refractivity contribution in [3.05, 3.63) is 0 Å². The van der Waals surface area contributed by atoms with E-state index < -0.39 is 0 Å². The van der Waals surface area contributed by atoms with Gasteiger partial charge >= 0.3 is 0 Å². The predicted molar refractivity (Wildman–Crippen MR) is 87.6 cm³/mol. The van der Waals surface area contributed by atoms with Gasteiger partial charge < -0.3 is 15.4 Å². The monoisotopic (exact) mass is 294 g/mol. The average Bonchev–Trinajstić information content (AvgIpc) is 3.36. The fourth-order valence-electron chi connectivity index (χ4n) is 4.14. The highest BCUT2D eigenvalue weighted by atomic mass is 16.5. The molecule has 1 heterocycles. The first-order valence-corrected chi connectivity index (χ1v) is 9.48. The molecule has 3 aliphatic rings. The highest BCUT2D eigenvalue weighted by Crippen LogP contribution is 2.30. The number of hydrogen-bond donors (Lipinski definition) is 2. The number of hydrogen-bond acceptors (Lipinski definition) is 3. The Kier molecular flexibility index (Phi) is 6.38. The van der Waals surface area contributed by atoms with E-state index >= 15 is 0 Å². The van der Waals surface area contributed by atoms with Crippen LogP contribution in [-0.2, 0) is 4.74 Å². The van der Waals surface area contributed by atoms with E-state index in [-0.39, 0.29) is 0 Å². The lowest BCUT2D eigenvalue weighted by atomic mass is 9.77. The van der Waals surface area contributed by atoms with Crippen molar-refractivity contribution in [3.63, 3.8) is 0 Å². The van der Waals surface area contributed by atoms with Gasteiger partial charge in [-0.05, 0) is 69.9 Å². The van der Waals surface area contributed by atoms with Crippen LogP contribution in [-0.4, -0.2) is 38.4 Å². The van der Waals surface area contributed by atoms with Crippen LogP contribution >= 0.6 is 0 Å². The molecule has 2 aliphatic carbocycles. The van der Waals surface area contributed by atoms with Gasteiger partial charge in [-0.15, -0.1) is 0 Å². The maximum Gasteiger partial charge on any atom is 0.0494 e. The summed E-state index contributed by atoms with van der Waals surface area (Å²) in [6.45, 7) is 4.34. The van der Waals surface area contributed by atoms with Gasteiger partial charge in [0.1, 0.15) is 0 Å². The predicted octanol–water partition coefficient (Wildman–Crippen LogP) is 3.09. The molecule has 0 radical (unpaired) electrons. The molecule has 0 aromatic heterocycles. The molecule has 0 aromatic rings. The van der Waals surface area contributed by atoms with Crippen molar-refractivity contribution >= 4 is 0 Å². The van der Waals surface area contributed by atoms with Crippen molar-refractivity contribution in [3.8, 4) is 0 Å². The zero-order valence-corrected chi connectivity index (χ0v) is 13.6. The van der Waals surface area contributed by atoms with E-state index in [9.17, 15) is 0 Å². The summed E-state index contributed by atoms with van der Waals surface area (Å²) in [7, 11) is 0. The zero-order chi connectivity index (χ0) is 14.3. The van der Waals surface area contributed by atoms with Crippen LogP contribution in [0.2, 0.25) is 0 Å². The lowest BCUT2D eigenvalue weighted by Gasteiger charge is -2.40.